The lowest BCUT2D eigenvalue weighted by atomic mass is 10.1. The van der Waals surface area contributed by atoms with Crippen LogP contribution >= 0.6 is 0 Å². The Morgan fingerprint density at radius 3 is 2.56 bits per heavy atom. The Bertz CT molecular complexity index is 1070. The lowest BCUT2D eigenvalue weighted by Gasteiger charge is -2.32. The Morgan fingerprint density at radius 1 is 1.06 bits per heavy atom. The van der Waals surface area contributed by atoms with Crippen molar-refractivity contribution in [3.8, 4) is 16.9 Å². The van der Waals surface area contributed by atoms with Crippen molar-refractivity contribution in [1.82, 2.24) is 20.1 Å². The summed E-state index contributed by atoms with van der Waals surface area (Å²) in [6.07, 6.45) is 1.78. The summed E-state index contributed by atoms with van der Waals surface area (Å²) in [6, 6.07) is 18.2. The molecule has 1 fully saturated rings. The van der Waals surface area contributed by atoms with Crippen LogP contribution in [0.25, 0.3) is 11.1 Å². The van der Waals surface area contributed by atoms with E-state index in [1.165, 1.54) is 6.07 Å². The van der Waals surface area contributed by atoms with Crippen LogP contribution in [0.5, 0.6) is 5.75 Å². The predicted octanol–water partition coefficient (Wildman–Crippen LogP) is 3.37. The highest BCUT2D eigenvalue weighted by molar-refractivity contribution is 5.78. The molecule has 1 aromatic heterocycles. The highest BCUT2D eigenvalue weighted by Gasteiger charge is 2.14. The average molecular weight is 463 g/mol. The number of rotatable bonds is 9. The van der Waals surface area contributed by atoms with Gasteiger partial charge < -0.3 is 15.0 Å². The lowest BCUT2D eigenvalue weighted by molar-refractivity contribution is -0.120. The van der Waals surface area contributed by atoms with Crippen molar-refractivity contribution in [2.75, 3.05) is 46.4 Å². The van der Waals surface area contributed by atoms with E-state index >= 15 is 0 Å². The molecule has 7 heteroatoms. The zero-order valence-electron chi connectivity index (χ0n) is 19.5. The first-order valence-electron chi connectivity index (χ1n) is 11.7. The molecule has 0 radical (unpaired) electrons. The minimum Gasteiger partial charge on any atom is -0.492 e. The number of ether oxygens (including phenoxy) is 1. The van der Waals surface area contributed by atoms with E-state index in [9.17, 15) is 9.18 Å². The molecule has 2 heterocycles. The standard InChI is InChI=1S/C27H31FN4O2/c1-31-11-13-32(14-12-31)15-16-34-24-9-10-25(26(28)18-24)22-7-8-23(29-20-22)17-27(33)30-19-21-5-3-2-4-6-21/h2-10,18,20H,11-17,19H2,1H3,(H,30,33). The maximum Gasteiger partial charge on any atom is 0.226 e. The largest absolute Gasteiger partial charge is 0.492 e. The molecule has 2 aromatic carbocycles. The van der Waals surface area contributed by atoms with Crippen LogP contribution in [0.1, 0.15) is 11.3 Å². The van der Waals surface area contributed by atoms with E-state index in [-0.39, 0.29) is 18.1 Å². The molecule has 4 rings (SSSR count). The van der Waals surface area contributed by atoms with E-state index in [1.54, 1.807) is 30.5 Å². The summed E-state index contributed by atoms with van der Waals surface area (Å²) in [5.41, 5.74) is 2.80. The summed E-state index contributed by atoms with van der Waals surface area (Å²) in [6.45, 7) is 6.04. The van der Waals surface area contributed by atoms with Gasteiger partial charge in [0.2, 0.25) is 5.91 Å². The molecular weight excluding hydrogens is 431 g/mol. The molecule has 34 heavy (non-hydrogen) atoms. The summed E-state index contributed by atoms with van der Waals surface area (Å²) in [7, 11) is 2.13. The van der Waals surface area contributed by atoms with Gasteiger partial charge in [0.05, 0.1) is 6.42 Å². The van der Waals surface area contributed by atoms with Gasteiger partial charge in [-0.2, -0.15) is 0 Å². The topological polar surface area (TPSA) is 57.7 Å². The first-order chi connectivity index (χ1) is 16.6. The van der Waals surface area contributed by atoms with Crippen LogP contribution in [0, 0.1) is 5.82 Å². The molecule has 0 unspecified atom stereocenters. The molecule has 1 saturated heterocycles. The number of hydrogen-bond donors (Lipinski definition) is 1. The number of halogens is 1. The zero-order valence-corrected chi connectivity index (χ0v) is 19.5. The third-order valence-corrected chi connectivity index (χ3v) is 6.02. The highest BCUT2D eigenvalue weighted by atomic mass is 19.1. The number of benzene rings is 2. The number of amides is 1. The Hall–Kier alpha value is -3.29. The molecule has 3 aromatic rings. The summed E-state index contributed by atoms with van der Waals surface area (Å²) >= 11 is 0. The maximum atomic E-state index is 14.7. The predicted molar refractivity (Wildman–Crippen MR) is 131 cm³/mol. The van der Waals surface area contributed by atoms with Gasteiger partial charge in [-0.1, -0.05) is 36.4 Å². The van der Waals surface area contributed by atoms with Gasteiger partial charge in [0.15, 0.2) is 0 Å². The first kappa shape index (κ1) is 23.9. The monoisotopic (exact) mass is 462 g/mol. The van der Waals surface area contributed by atoms with Gasteiger partial charge in [0.1, 0.15) is 18.2 Å². The SMILES string of the molecule is CN1CCN(CCOc2ccc(-c3ccc(CC(=O)NCc4ccccc4)nc3)c(F)c2)CC1. The van der Waals surface area contributed by atoms with Crippen LogP contribution < -0.4 is 10.1 Å². The van der Waals surface area contributed by atoms with Crippen molar-refractivity contribution in [3.05, 3.63) is 83.9 Å². The molecule has 178 valence electrons. The van der Waals surface area contributed by atoms with Crippen LogP contribution in [0.4, 0.5) is 4.39 Å². The van der Waals surface area contributed by atoms with Crippen LogP contribution in [0.2, 0.25) is 0 Å². The fourth-order valence-electron chi connectivity index (χ4n) is 3.90. The maximum absolute atomic E-state index is 14.7. The van der Waals surface area contributed by atoms with Gasteiger partial charge in [-0.25, -0.2) is 4.39 Å². The quantitative estimate of drug-likeness (QED) is 0.529. The molecule has 1 N–H and O–H groups in total. The van der Waals surface area contributed by atoms with E-state index < -0.39 is 0 Å². The number of aromatic nitrogens is 1. The van der Waals surface area contributed by atoms with Gasteiger partial charge >= 0.3 is 0 Å². The van der Waals surface area contributed by atoms with Crippen molar-refractivity contribution >= 4 is 5.91 Å². The highest BCUT2D eigenvalue weighted by Crippen LogP contribution is 2.26. The summed E-state index contributed by atoms with van der Waals surface area (Å²) in [5.74, 6) is 0.0654. The minimum absolute atomic E-state index is 0.103. The van der Waals surface area contributed by atoms with E-state index in [2.05, 4.69) is 27.1 Å². The van der Waals surface area contributed by atoms with Crippen molar-refractivity contribution in [1.29, 1.82) is 0 Å². The summed E-state index contributed by atoms with van der Waals surface area (Å²) in [5, 5.41) is 2.89. The number of likely N-dealkylation sites (N-methyl/N-ethyl adjacent to an activating group) is 1. The van der Waals surface area contributed by atoms with Crippen molar-refractivity contribution in [2.24, 2.45) is 0 Å². The second kappa shape index (κ2) is 11.7. The normalized spacial score (nSPS) is 14.6. The smallest absolute Gasteiger partial charge is 0.226 e. The minimum atomic E-state index is -0.354. The summed E-state index contributed by atoms with van der Waals surface area (Å²) in [4.78, 5) is 21.2. The van der Waals surface area contributed by atoms with Gasteiger partial charge in [-0.15, -0.1) is 0 Å². The molecule has 0 saturated carbocycles. The molecule has 0 spiro atoms. The van der Waals surface area contributed by atoms with E-state index in [1.807, 2.05) is 30.3 Å². The molecule has 6 nitrogen and oxygen atoms in total. The fourth-order valence-corrected chi connectivity index (χ4v) is 3.90. The molecule has 0 atom stereocenters. The Kier molecular flexibility index (Phi) is 8.22. The van der Waals surface area contributed by atoms with Gasteiger partial charge in [0, 0.05) is 68.4 Å². The second-order valence-corrected chi connectivity index (χ2v) is 8.61. The van der Waals surface area contributed by atoms with Gasteiger partial charge in [-0.3, -0.25) is 14.7 Å². The van der Waals surface area contributed by atoms with Crippen LogP contribution in [0.3, 0.4) is 0 Å². The molecule has 0 aliphatic carbocycles. The lowest BCUT2D eigenvalue weighted by Crippen LogP contribution is -2.45. The number of nitrogens with zero attached hydrogens (tertiary/aromatic N) is 3. The van der Waals surface area contributed by atoms with Gasteiger partial charge in [0.25, 0.3) is 0 Å². The fraction of sp³-hybridized carbons (Fsp3) is 0.333. The van der Waals surface area contributed by atoms with Crippen molar-refractivity contribution < 1.29 is 13.9 Å². The number of pyridine rings is 1. The second-order valence-electron chi connectivity index (χ2n) is 8.61. The Morgan fingerprint density at radius 2 is 1.85 bits per heavy atom. The molecule has 0 bridgehead atoms. The average Bonchev–Trinajstić information content (AvgIpc) is 2.85. The molecular formula is C27H31FN4O2. The van der Waals surface area contributed by atoms with E-state index in [4.69, 9.17) is 4.74 Å². The first-order valence-corrected chi connectivity index (χ1v) is 11.7. The van der Waals surface area contributed by atoms with Crippen LogP contribution in [0.15, 0.2) is 66.9 Å². The Balaban J connectivity index is 1.26. The molecule has 1 amide bonds. The number of hydrogen-bond acceptors (Lipinski definition) is 5. The van der Waals surface area contributed by atoms with Gasteiger partial charge in [-0.05, 0) is 30.8 Å². The zero-order chi connectivity index (χ0) is 23.8. The summed E-state index contributed by atoms with van der Waals surface area (Å²) < 4.78 is 20.5. The van der Waals surface area contributed by atoms with Crippen molar-refractivity contribution in [3.63, 3.8) is 0 Å². The molecule has 1 aliphatic heterocycles. The third-order valence-electron chi connectivity index (χ3n) is 6.02. The number of carbonyl (C=O) groups excluding carboxylic acids is 1. The number of carbonyl (C=O) groups is 1. The van der Waals surface area contributed by atoms with E-state index in [0.29, 0.717) is 35.7 Å². The van der Waals surface area contributed by atoms with Crippen LogP contribution in [-0.4, -0.2) is 67.1 Å². The Labute approximate surface area is 200 Å². The number of piperazine rings is 1. The third kappa shape index (κ3) is 6.85. The van der Waals surface area contributed by atoms with E-state index in [0.717, 1.165) is 38.3 Å². The molecule has 1 aliphatic rings. The van der Waals surface area contributed by atoms with Crippen LogP contribution in [-0.2, 0) is 17.8 Å². The van der Waals surface area contributed by atoms with Crippen molar-refractivity contribution in [2.45, 2.75) is 13.0 Å². The number of nitrogens with one attached hydrogen (secondary N) is 1.